The molecule has 0 spiro atoms. The summed E-state index contributed by atoms with van der Waals surface area (Å²) < 4.78 is 29.3. The number of methoxy groups -OCH3 is 1. The lowest BCUT2D eigenvalue weighted by Crippen LogP contribution is -2.36. The number of fused-ring (bicyclic) bond motifs is 1. The first kappa shape index (κ1) is 12.1. The lowest BCUT2D eigenvalue weighted by Gasteiger charge is -2.26. The Bertz CT molecular complexity index is 574. The molecule has 0 aromatic heterocycles. The average molecular weight is 254 g/mol. The average Bonchev–Trinajstić information content (AvgIpc) is 2.33. The molecule has 1 aliphatic rings. The standard InChI is InChI=1S/C12H14O4S/c1-7-8(2)17(14,15)11-5-4-9(16-3)6-10(11)12(7)13/h4-8H,1-3H3. The van der Waals surface area contributed by atoms with Crippen LogP contribution < -0.4 is 4.74 Å². The van der Waals surface area contributed by atoms with Crippen LogP contribution in [0.4, 0.5) is 0 Å². The van der Waals surface area contributed by atoms with Gasteiger partial charge in [0, 0.05) is 11.5 Å². The van der Waals surface area contributed by atoms with Gasteiger partial charge < -0.3 is 4.74 Å². The van der Waals surface area contributed by atoms with Crippen LogP contribution in [-0.4, -0.2) is 26.6 Å². The molecule has 1 aromatic rings. The summed E-state index contributed by atoms with van der Waals surface area (Å²) in [5, 5.41) is -0.670. The molecule has 0 amide bonds. The molecule has 0 N–H and O–H groups in total. The fraction of sp³-hybridized carbons (Fsp3) is 0.417. The van der Waals surface area contributed by atoms with Crippen LogP contribution >= 0.6 is 0 Å². The minimum atomic E-state index is -3.40. The van der Waals surface area contributed by atoms with Crippen LogP contribution in [0.2, 0.25) is 0 Å². The van der Waals surface area contributed by atoms with Crippen molar-refractivity contribution < 1.29 is 17.9 Å². The van der Waals surface area contributed by atoms with E-state index in [4.69, 9.17) is 4.74 Å². The third kappa shape index (κ3) is 1.65. The Kier molecular flexibility index (Phi) is 2.73. The number of hydrogen-bond acceptors (Lipinski definition) is 4. The van der Waals surface area contributed by atoms with Crippen molar-refractivity contribution in [2.75, 3.05) is 7.11 Å². The second-order valence-electron chi connectivity index (χ2n) is 4.27. The van der Waals surface area contributed by atoms with Crippen LogP contribution in [0.5, 0.6) is 5.75 Å². The third-order valence-electron chi connectivity index (χ3n) is 3.37. The minimum absolute atomic E-state index is 0.119. The second-order valence-corrected chi connectivity index (χ2v) is 6.54. The molecular formula is C12H14O4S. The highest BCUT2D eigenvalue weighted by atomic mass is 32.2. The van der Waals surface area contributed by atoms with E-state index in [2.05, 4.69) is 0 Å². The number of carbonyl (C=O) groups excluding carboxylic acids is 1. The minimum Gasteiger partial charge on any atom is -0.497 e. The highest BCUT2D eigenvalue weighted by molar-refractivity contribution is 7.92. The summed E-state index contributed by atoms with van der Waals surface area (Å²) in [6, 6.07) is 4.51. The fourth-order valence-corrected chi connectivity index (χ4v) is 3.79. The maximum absolute atomic E-state index is 12.2. The summed E-state index contributed by atoms with van der Waals surface area (Å²) in [5.74, 6) is -0.158. The van der Waals surface area contributed by atoms with Gasteiger partial charge in [-0.15, -0.1) is 0 Å². The maximum Gasteiger partial charge on any atom is 0.182 e. The Labute approximate surface area is 101 Å². The molecule has 1 aliphatic heterocycles. The Morgan fingerprint density at radius 1 is 1.24 bits per heavy atom. The zero-order chi connectivity index (χ0) is 12.8. The van der Waals surface area contributed by atoms with E-state index < -0.39 is 21.0 Å². The number of ketones is 1. The summed E-state index contributed by atoms with van der Waals surface area (Å²) in [7, 11) is -1.92. The molecule has 0 bridgehead atoms. The SMILES string of the molecule is COc1ccc2c(c1)C(=O)C(C)C(C)S2(=O)=O. The van der Waals surface area contributed by atoms with Crippen molar-refractivity contribution in [3.63, 3.8) is 0 Å². The third-order valence-corrected chi connectivity index (χ3v) is 5.72. The van der Waals surface area contributed by atoms with Crippen LogP contribution in [-0.2, 0) is 9.84 Å². The smallest absolute Gasteiger partial charge is 0.182 e. The lowest BCUT2D eigenvalue weighted by atomic mass is 9.96. The van der Waals surface area contributed by atoms with Crippen molar-refractivity contribution in [1.82, 2.24) is 0 Å². The molecule has 0 fully saturated rings. The summed E-state index contributed by atoms with van der Waals surface area (Å²) >= 11 is 0. The maximum atomic E-state index is 12.2. The Morgan fingerprint density at radius 3 is 2.47 bits per heavy atom. The van der Waals surface area contributed by atoms with Gasteiger partial charge in [0.1, 0.15) is 5.75 Å². The molecule has 4 nitrogen and oxygen atoms in total. The fourth-order valence-electron chi connectivity index (χ4n) is 2.00. The van der Waals surface area contributed by atoms with Gasteiger partial charge in [0.15, 0.2) is 15.6 Å². The Balaban J connectivity index is 2.73. The molecular weight excluding hydrogens is 240 g/mol. The molecule has 0 saturated heterocycles. The van der Waals surface area contributed by atoms with Gasteiger partial charge in [-0.05, 0) is 25.1 Å². The Hall–Kier alpha value is -1.36. The van der Waals surface area contributed by atoms with E-state index in [1.807, 2.05) is 0 Å². The van der Waals surface area contributed by atoms with Crippen LogP contribution in [0.3, 0.4) is 0 Å². The van der Waals surface area contributed by atoms with E-state index in [1.165, 1.54) is 19.2 Å². The molecule has 0 aliphatic carbocycles. The zero-order valence-electron chi connectivity index (χ0n) is 9.93. The van der Waals surface area contributed by atoms with E-state index in [9.17, 15) is 13.2 Å². The number of benzene rings is 1. The molecule has 2 atom stereocenters. The molecule has 1 heterocycles. The van der Waals surface area contributed by atoms with Crippen molar-refractivity contribution in [2.45, 2.75) is 24.0 Å². The van der Waals surface area contributed by atoms with Crippen molar-refractivity contribution in [3.05, 3.63) is 23.8 Å². The predicted molar refractivity (Wildman–Crippen MR) is 63.1 cm³/mol. The first-order valence-electron chi connectivity index (χ1n) is 5.35. The van der Waals surface area contributed by atoms with E-state index >= 15 is 0 Å². The molecule has 1 aromatic carbocycles. The van der Waals surface area contributed by atoms with Crippen molar-refractivity contribution in [3.8, 4) is 5.75 Å². The summed E-state index contributed by atoms with van der Waals surface area (Å²) in [6.07, 6.45) is 0. The molecule has 0 radical (unpaired) electrons. The highest BCUT2D eigenvalue weighted by Gasteiger charge is 2.40. The van der Waals surface area contributed by atoms with E-state index in [-0.39, 0.29) is 16.2 Å². The van der Waals surface area contributed by atoms with E-state index in [0.29, 0.717) is 5.75 Å². The number of hydrogen-bond donors (Lipinski definition) is 0. The summed E-state index contributed by atoms with van der Waals surface area (Å²) in [6.45, 7) is 3.22. The summed E-state index contributed by atoms with van der Waals surface area (Å²) in [4.78, 5) is 12.2. The van der Waals surface area contributed by atoms with Gasteiger partial charge in [-0.2, -0.15) is 0 Å². The van der Waals surface area contributed by atoms with Gasteiger partial charge in [-0.25, -0.2) is 8.42 Å². The van der Waals surface area contributed by atoms with Crippen LogP contribution in [0.15, 0.2) is 23.1 Å². The molecule has 2 unspecified atom stereocenters. The molecule has 2 rings (SSSR count). The number of sulfone groups is 1. The highest BCUT2D eigenvalue weighted by Crippen LogP contribution is 2.34. The molecule has 17 heavy (non-hydrogen) atoms. The first-order valence-corrected chi connectivity index (χ1v) is 6.90. The molecule has 0 saturated carbocycles. The number of rotatable bonds is 1. The van der Waals surface area contributed by atoms with Crippen molar-refractivity contribution in [2.24, 2.45) is 5.92 Å². The topological polar surface area (TPSA) is 60.4 Å². The number of carbonyl (C=O) groups is 1. The first-order chi connectivity index (χ1) is 7.89. The second kappa shape index (κ2) is 3.84. The van der Waals surface area contributed by atoms with E-state index in [0.717, 1.165) is 0 Å². The Morgan fingerprint density at radius 2 is 1.88 bits per heavy atom. The van der Waals surface area contributed by atoms with Crippen molar-refractivity contribution >= 4 is 15.6 Å². The van der Waals surface area contributed by atoms with E-state index in [1.54, 1.807) is 19.9 Å². The van der Waals surface area contributed by atoms with Gasteiger partial charge in [0.25, 0.3) is 0 Å². The summed E-state index contributed by atoms with van der Waals surface area (Å²) in [5.41, 5.74) is 0.245. The van der Waals surface area contributed by atoms with Crippen LogP contribution in [0, 0.1) is 5.92 Å². The molecule has 92 valence electrons. The van der Waals surface area contributed by atoms with Crippen LogP contribution in [0.1, 0.15) is 24.2 Å². The van der Waals surface area contributed by atoms with Gasteiger partial charge >= 0.3 is 0 Å². The van der Waals surface area contributed by atoms with Crippen molar-refractivity contribution in [1.29, 1.82) is 0 Å². The monoisotopic (exact) mass is 254 g/mol. The number of ether oxygens (including phenoxy) is 1. The van der Waals surface area contributed by atoms with Gasteiger partial charge in [-0.3, -0.25) is 4.79 Å². The normalized spacial score (nSPS) is 26.4. The quantitative estimate of drug-likeness (QED) is 0.765. The van der Waals surface area contributed by atoms with Crippen LogP contribution in [0.25, 0.3) is 0 Å². The molecule has 5 heteroatoms. The van der Waals surface area contributed by atoms with Gasteiger partial charge in [-0.1, -0.05) is 6.92 Å². The zero-order valence-corrected chi connectivity index (χ0v) is 10.7. The number of Topliss-reactive ketones (excluding diaryl/α,β-unsaturated/α-hetero) is 1. The predicted octanol–water partition coefficient (Wildman–Crippen LogP) is 1.69. The van der Waals surface area contributed by atoms with Gasteiger partial charge in [0.05, 0.1) is 17.3 Å². The lowest BCUT2D eigenvalue weighted by molar-refractivity contribution is 0.0920. The largest absolute Gasteiger partial charge is 0.497 e. The van der Waals surface area contributed by atoms with Gasteiger partial charge in [0.2, 0.25) is 0 Å².